The van der Waals surface area contributed by atoms with Crippen molar-refractivity contribution in [1.82, 2.24) is 5.32 Å². The lowest BCUT2D eigenvalue weighted by atomic mass is 10.1. The van der Waals surface area contributed by atoms with Crippen molar-refractivity contribution < 1.29 is 9.53 Å². The van der Waals surface area contributed by atoms with Crippen molar-refractivity contribution in [1.29, 1.82) is 0 Å². The van der Waals surface area contributed by atoms with Crippen LogP contribution in [0.25, 0.3) is 10.4 Å². The molecule has 0 aliphatic rings. The average Bonchev–Trinajstić information content (AvgIpc) is 2.42. The maximum Gasteiger partial charge on any atom is 0.239 e. The van der Waals surface area contributed by atoms with Crippen LogP contribution in [0.1, 0.15) is 18.0 Å². The number of ether oxygens (including phenoxy) is 1. The summed E-state index contributed by atoms with van der Waals surface area (Å²) >= 11 is 0. The summed E-state index contributed by atoms with van der Waals surface area (Å²) in [5, 5.41) is 6.45. The number of azide groups is 1. The number of carbonyl (C=O) groups is 1. The molecule has 1 amide bonds. The Hall–Kier alpha value is -2.24. The topological polar surface area (TPSA) is 113 Å². The van der Waals surface area contributed by atoms with Gasteiger partial charge in [-0.2, -0.15) is 0 Å². The third-order valence-corrected chi connectivity index (χ3v) is 2.56. The zero-order valence-corrected chi connectivity index (χ0v) is 10.7. The number of amides is 1. The van der Waals surface area contributed by atoms with Gasteiger partial charge in [-0.1, -0.05) is 17.2 Å². The van der Waals surface area contributed by atoms with E-state index in [1.807, 2.05) is 0 Å². The van der Waals surface area contributed by atoms with E-state index in [4.69, 9.17) is 16.0 Å². The van der Waals surface area contributed by atoms with Gasteiger partial charge in [-0.15, -0.1) is 0 Å². The van der Waals surface area contributed by atoms with E-state index >= 15 is 0 Å². The minimum atomic E-state index is -0.582. The monoisotopic (exact) mass is 263 g/mol. The van der Waals surface area contributed by atoms with E-state index in [1.165, 1.54) is 0 Å². The normalized spacial score (nSPS) is 11.4. The number of hydrogen-bond acceptors (Lipinski definition) is 4. The fourth-order valence-corrected chi connectivity index (χ4v) is 1.64. The van der Waals surface area contributed by atoms with Crippen molar-refractivity contribution in [3.63, 3.8) is 0 Å². The van der Waals surface area contributed by atoms with Crippen molar-refractivity contribution in [2.75, 3.05) is 20.2 Å². The molecule has 7 heteroatoms. The van der Waals surface area contributed by atoms with Crippen LogP contribution in [0, 0.1) is 0 Å². The number of benzene rings is 1. The molecule has 1 atom stereocenters. The van der Waals surface area contributed by atoms with Gasteiger partial charge < -0.3 is 15.8 Å². The van der Waals surface area contributed by atoms with Gasteiger partial charge in [0.15, 0.2) is 0 Å². The average molecular weight is 263 g/mol. The maximum absolute atomic E-state index is 11.5. The number of primary amides is 1. The Morgan fingerprint density at radius 2 is 2.42 bits per heavy atom. The Kier molecular flexibility index (Phi) is 6.21. The van der Waals surface area contributed by atoms with Gasteiger partial charge in [0.1, 0.15) is 11.8 Å². The molecule has 0 radical (unpaired) electrons. The van der Waals surface area contributed by atoms with Crippen LogP contribution in [0.5, 0.6) is 5.75 Å². The summed E-state index contributed by atoms with van der Waals surface area (Å²) in [6.45, 7) is 0.914. The van der Waals surface area contributed by atoms with E-state index in [2.05, 4.69) is 15.3 Å². The Balaban J connectivity index is 2.65. The van der Waals surface area contributed by atoms with Crippen LogP contribution in [0.15, 0.2) is 29.4 Å². The first-order chi connectivity index (χ1) is 9.19. The van der Waals surface area contributed by atoms with E-state index in [9.17, 15) is 4.79 Å². The number of nitrogens with two attached hydrogens (primary N) is 1. The number of hydrogen-bond donors (Lipinski definition) is 2. The highest BCUT2D eigenvalue weighted by molar-refractivity contribution is 5.81. The number of nitrogens with zero attached hydrogens (tertiary/aromatic N) is 3. The van der Waals surface area contributed by atoms with E-state index in [0.29, 0.717) is 25.3 Å². The maximum atomic E-state index is 11.5. The first-order valence-corrected chi connectivity index (χ1v) is 5.86. The van der Waals surface area contributed by atoms with E-state index in [0.717, 1.165) is 5.56 Å². The van der Waals surface area contributed by atoms with E-state index in [1.54, 1.807) is 31.4 Å². The lowest BCUT2D eigenvalue weighted by molar-refractivity contribution is -0.120. The third kappa shape index (κ3) is 4.87. The molecule has 3 N–H and O–H groups in total. The van der Waals surface area contributed by atoms with Crippen LogP contribution in [-0.4, -0.2) is 26.1 Å². The van der Waals surface area contributed by atoms with Crippen LogP contribution < -0.4 is 15.8 Å². The minimum Gasteiger partial charge on any atom is -0.497 e. The third-order valence-electron chi connectivity index (χ3n) is 2.56. The summed E-state index contributed by atoms with van der Waals surface area (Å²) < 4.78 is 5.11. The van der Waals surface area contributed by atoms with Gasteiger partial charge >= 0.3 is 0 Å². The van der Waals surface area contributed by atoms with Gasteiger partial charge in [0.25, 0.3) is 0 Å². The molecule has 7 nitrogen and oxygen atoms in total. The molecule has 0 fully saturated rings. The fraction of sp³-hybridized carbons (Fsp3) is 0.417. The zero-order valence-electron chi connectivity index (χ0n) is 10.7. The molecule has 102 valence electrons. The van der Waals surface area contributed by atoms with Gasteiger partial charge in [-0.05, 0) is 36.2 Å². The first-order valence-electron chi connectivity index (χ1n) is 5.86. The molecule has 0 saturated carbocycles. The van der Waals surface area contributed by atoms with Crippen LogP contribution >= 0.6 is 0 Å². The van der Waals surface area contributed by atoms with Crippen molar-refractivity contribution in [2.24, 2.45) is 10.8 Å². The summed E-state index contributed by atoms with van der Waals surface area (Å²) in [5.74, 6) is 0.205. The minimum absolute atomic E-state index is 0.382. The summed E-state index contributed by atoms with van der Waals surface area (Å²) in [6.07, 6.45) is 0.637. The van der Waals surface area contributed by atoms with E-state index < -0.39 is 11.9 Å². The smallest absolute Gasteiger partial charge is 0.239 e. The molecule has 0 bridgehead atoms. The molecule has 0 heterocycles. The molecule has 0 aromatic heterocycles. The molecule has 19 heavy (non-hydrogen) atoms. The predicted octanol–water partition coefficient (Wildman–Crippen LogP) is 1.51. The molecule has 0 spiro atoms. The van der Waals surface area contributed by atoms with Crippen LogP contribution in [-0.2, 0) is 4.79 Å². The van der Waals surface area contributed by atoms with Crippen molar-refractivity contribution in [2.45, 2.75) is 12.5 Å². The molecule has 0 aliphatic carbocycles. The highest BCUT2D eigenvalue weighted by Gasteiger charge is 2.17. The van der Waals surface area contributed by atoms with Crippen molar-refractivity contribution >= 4 is 5.91 Å². The molecular formula is C12H17N5O2. The molecule has 0 saturated heterocycles. The summed E-state index contributed by atoms with van der Waals surface area (Å²) in [5.41, 5.74) is 14.3. The van der Waals surface area contributed by atoms with Gasteiger partial charge in [0.05, 0.1) is 7.11 Å². The predicted molar refractivity (Wildman–Crippen MR) is 71.6 cm³/mol. The van der Waals surface area contributed by atoms with Gasteiger partial charge in [0, 0.05) is 11.5 Å². The van der Waals surface area contributed by atoms with Crippen LogP contribution in [0.2, 0.25) is 0 Å². The lowest BCUT2D eigenvalue weighted by Gasteiger charge is -2.16. The van der Waals surface area contributed by atoms with E-state index in [-0.39, 0.29) is 0 Å². The van der Waals surface area contributed by atoms with Crippen molar-refractivity contribution in [3.8, 4) is 5.75 Å². The largest absolute Gasteiger partial charge is 0.497 e. The Bertz CT molecular complexity index is 471. The first kappa shape index (κ1) is 14.8. The fourth-order valence-electron chi connectivity index (χ4n) is 1.64. The Morgan fingerprint density at radius 1 is 1.63 bits per heavy atom. The highest BCUT2D eigenvalue weighted by Crippen LogP contribution is 2.18. The molecular weight excluding hydrogens is 246 g/mol. The quantitative estimate of drug-likeness (QED) is 0.320. The Labute approximate surface area is 111 Å². The second kappa shape index (κ2) is 7.97. The summed E-state index contributed by atoms with van der Waals surface area (Å²) in [7, 11) is 1.56. The van der Waals surface area contributed by atoms with Crippen molar-refractivity contribution in [3.05, 3.63) is 40.3 Å². The van der Waals surface area contributed by atoms with Gasteiger partial charge in [-0.25, -0.2) is 0 Å². The molecule has 1 aromatic carbocycles. The Morgan fingerprint density at radius 3 is 3.05 bits per heavy atom. The molecule has 1 aromatic rings. The van der Waals surface area contributed by atoms with Crippen LogP contribution in [0.3, 0.4) is 0 Å². The molecule has 1 rings (SSSR count). The van der Waals surface area contributed by atoms with Gasteiger partial charge in [-0.3, -0.25) is 4.79 Å². The summed E-state index contributed by atoms with van der Waals surface area (Å²) in [6, 6.07) is 6.57. The second-order valence-electron chi connectivity index (χ2n) is 3.87. The van der Waals surface area contributed by atoms with Crippen LogP contribution in [0.4, 0.5) is 0 Å². The molecule has 1 unspecified atom stereocenters. The SMILES string of the molecule is COc1cccc(C(NCCCN=[N+]=[N-])C(N)=O)c1. The standard InChI is InChI=1S/C12H17N5O2/c1-19-10-5-2-4-9(8-10)11(12(13)18)15-6-3-7-16-17-14/h2,4-5,8,11,15H,3,6-7H2,1H3,(H2,13,18). The summed E-state index contributed by atoms with van der Waals surface area (Å²) in [4.78, 5) is 14.1. The zero-order chi connectivity index (χ0) is 14.1. The number of nitrogens with one attached hydrogen (secondary N) is 1. The highest BCUT2D eigenvalue weighted by atomic mass is 16.5. The second-order valence-corrected chi connectivity index (χ2v) is 3.87. The van der Waals surface area contributed by atoms with Gasteiger partial charge in [0.2, 0.25) is 5.91 Å². The lowest BCUT2D eigenvalue weighted by Crippen LogP contribution is -2.34. The number of methoxy groups -OCH3 is 1. The number of carbonyl (C=O) groups excluding carboxylic acids is 1. The number of rotatable bonds is 8. The molecule has 0 aliphatic heterocycles.